The van der Waals surface area contributed by atoms with Gasteiger partial charge in [0.2, 0.25) is 0 Å². The minimum Gasteiger partial charge on any atom is -0.342 e. The lowest BCUT2D eigenvalue weighted by Crippen LogP contribution is -2.36. The first-order chi connectivity index (χ1) is 10.4. The summed E-state index contributed by atoms with van der Waals surface area (Å²) in [5.41, 5.74) is -1.35. The first kappa shape index (κ1) is 14.5. The molecule has 1 fully saturated rings. The molecule has 0 radical (unpaired) electrons. The molecule has 1 saturated carbocycles. The second-order valence-electron chi connectivity index (χ2n) is 5.21. The maximum atomic E-state index is 13.1. The molecule has 7 heteroatoms. The number of amides is 1. The van der Waals surface area contributed by atoms with Gasteiger partial charge in [0.25, 0.3) is 5.91 Å². The van der Waals surface area contributed by atoms with Crippen LogP contribution >= 0.6 is 0 Å². The molecule has 1 aliphatic rings. The van der Waals surface area contributed by atoms with E-state index in [4.69, 9.17) is 0 Å². The molecule has 0 saturated heterocycles. The second kappa shape index (κ2) is 5.08. The summed E-state index contributed by atoms with van der Waals surface area (Å²) < 4.78 is 39.4. The van der Waals surface area contributed by atoms with Gasteiger partial charge < -0.3 is 5.32 Å². The van der Waals surface area contributed by atoms with Crippen LogP contribution in [0.25, 0.3) is 0 Å². The lowest BCUT2D eigenvalue weighted by molar-refractivity contribution is -0.138. The number of hydrogen-bond donors (Lipinski definition) is 1. The lowest BCUT2D eigenvalue weighted by atomic mass is 9.97. The number of alkyl halides is 3. The third kappa shape index (κ3) is 2.66. The Hall–Kier alpha value is -2.44. The van der Waals surface area contributed by atoms with E-state index < -0.39 is 23.2 Å². The normalized spacial score (nSPS) is 16.1. The zero-order chi connectivity index (χ0) is 15.8. The van der Waals surface area contributed by atoms with E-state index in [1.807, 2.05) is 0 Å². The SMILES string of the molecule is O=C(NC1(c2ccccc2C(F)(F)F)CC1)c1cncnc1. The minimum absolute atomic E-state index is 0.104. The summed E-state index contributed by atoms with van der Waals surface area (Å²) in [6.45, 7) is 0. The smallest absolute Gasteiger partial charge is 0.342 e. The Morgan fingerprint density at radius 2 is 1.77 bits per heavy atom. The molecule has 1 aromatic heterocycles. The molecular weight excluding hydrogens is 295 g/mol. The van der Waals surface area contributed by atoms with Crippen LogP contribution in [-0.2, 0) is 11.7 Å². The van der Waals surface area contributed by atoms with Crippen LogP contribution in [0.1, 0.15) is 34.3 Å². The molecule has 1 aliphatic carbocycles. The van der Waals surface area contributed by atoms with Crippen molar-refractivity contribution in [1.29, 1.82) is 0 Å². The van der Waals surface area contributed by atoms with E-state index >= 15 is 0 Å². The van der Waals surface area contributed by atoms with E-state index in [-0.39, 0.29) is 11.1 Å². The number of carbonyl (C=O) groups excluding carboxylic acids is 1. The molecule has 1 N–H and O–H groups in total. The first-order valence-corrected chi connectivity index (χ1v) is 6.67. The number of nitrogens with one attached hydrogen (secondary N) is 1. The van der Waals surface area contributed by atoms with Crippen LogP contribution < -0.4 is 5.32 Å². The number of carbonyl (C=O) groups is 1. The highest BCUT2D eigenvalue weighted by atomic mass is 19.4. The van der Waals surface area contributed by atoms with Crippen LogP contribution in [0.4, 0.5) is 13.2 Å². The van der Waals surface area contributed by atoms with Gasteiger partial charge in [-0.2, -0.15) is 13.2 Å². The predicted octanol–water partition coefficient (Wildman–Crippen LogP) is 2.91. The fourth-order valence-electron chi connectivity index (χ4n) is 2.44. The van der Waals surface area contributed by atoms with Crippen molar-refractivity contribution in [3.63, 3.8) is 0 Å². The zero-order valence-electron chi connectivity index (χ0n) is 11.4. The van der Waals surface area contributed by atoms with Gasteiger partial charge in [-0.05, 0) is 24.5 Å². The van der Waals surface area contributed by atoms with Crippen molar-refractivity contribution in [3.05, 3.63) is 59.7 Å². The molecule has 114 valence electrons. The highest BCUT2D eigenvalue weighted by molar-refractivity contribution is 5.94. The van der Waals surface area contributed by atoms with Crippen LogP contribution in [0.3, 0.4) is 0 Å². The third-order valence-corrected chi connectivity index (χ3v) is 3.67. The van der Waals surface area contributed by atoms with Gasteiger partial charge in [-0.3, -0.25) is 4.79 Å². The molecule has 22 heavy (non-hydrogen) atoms. The Morgan fingerprint density at radius 3 is 2.36 bits per heavy atom. The molecule has 1 aromatic carbocycles. The topological polar surface area (TPSA) is 54.9 Å². The minimum atomic E-state index is -4.45. The Labute approximate surface area is 124 Å². The molecular formula is C15H12F3N3O. The number of nitrogens with zero attached hydrogens (tertiary/aromatic N) is 2. The largest absolute Gasteiger partial charge is 0.416 e. The summed E-state index contributed by atoms with van der Waals surface area (Å²) in [5.74, 6) is -0.477. The van der Waals surface area contributed by atoms with Crippen molar-refractivity contribution < 1.29 is 18.0 Å². The van der Waals surface area contributed by atoms with E-state index in [1.54, 1.807) is 6.07 Å². The molecule has 1 heterocycles. The average Bonchev–Trinajstić information content (AvgIpc) is 3.28. The summed E-state index contributed by atoms with van der Waals surface area (Å²) in [4.78, 5) is 19.6. The van der Waals surface area contributed by atoms with Crippen molar-refractivity contribution in [3.8, 4) is 0 Å². The van der Waals surface area contributed by atoms with Crippen molar-refractivity contribution in [2.45, 2.75) is 24.6 Å². The summed E-state index contributed by atoms with van der Waals surface area (Å²) in [6.07, 6.45) is 0.427. The van der Waals surface area contributed by atoms with Gasteiger partial charge in [-0.1, -0.05) is 18.2 Å². The van der Waals surface area contributed by atoms with E-state index in [9.17, 15) is 18.0 Å². The summed E-state index contributed by atoms with van der Waals surface area (Å²) >= 11 is 0. The van der Waals surface area contributed by atoms with Crippen LogP contribution in [0.2, 0.25) is 0 Å². The van der Waals surface area contributed by atoms with Crippen LogP contribution in [0.5, 0.6) is 0 Å². The molecule has 0 unspecified atom stereocenters. The number of aromatic nitrogens is 2. The number of rotatable bonds is 3. The Bertz CT molecular complexity index is 697. The summed E-state index contributed by atoms with van der Waals surface area (Å²) in [6, 6.07) is 5.34. The van der Waals surface area contributed by atoms with Gasteiger partial charge in [0.05, 0.1) is 16.7 Å². The van der Waals surface area contributed by atoms with Crippen molar-refractivity contribution in [1.82, 2.24) is 15.3 Å². The molecule has 0 spiro atoms. The number of benzene rings is 1. The van der Waals surface area contributed by atoms with E-state index in [0.29, 0.717) is 12.8 Å². The van der Waals surface area contributed by atoms with Crippen molar-refractivity contribution in [2.24, 2.45) is 0 Å². The third-order valence-electron chi connectivity index (χ3n) is 3.67. The number of halogens is 3. The Morgan fingerprint density at radius 1 is 1.14 bits per heavy atom. The summed E-state index contributed by atoms with van der Waals surface area (Å²) in [7, 11) is 0. The van der Waals surface area contributed by atoms with Crippen LogP contribution in [-0.4, -0.2) is 15.9 Å². The quantitative estimate of drug-likeness (QED) is 0.948. The maximum Gasteiger partial charge on any atom is 0.416 e. The molecule has 2 aromatic rings. The van der Waals surface area contributed by atoms with Gasteiger partial charge in [-0.25, -0.2) is 9.97 Å². The van der Waals surface area contributed by atoms with Gasteiger partial charge in [0, 0.05) is 12.4 Å². The molecule has 0 atom stereocenters. The van der Waals surface area contributed by atoms with Gasteiger partial charge in [-0.15, -0.1) is 0 Å². The average molecular weight is 307 g/mol. The van der Waals surface area contributed by atoms with Crippen LogP contribution in [0.15, 0.2) is 43.0 Å². The lowest BCUT2D eigenvalue weighted by Gasteiger charge is -2.22. The molecule has 3 rings (SSSR count). The predicted molar refractivity (Wildman–Crippen MR) is 71.9 cm³/mol. The van der Waals surface area contributed by atoms with E-state index in [0.717, 1.165) is 6.07 Å². The van der Waals surface area contributed by atoms with Gasteiger partial charge >= 0.3 is 6.18 Å². The zero-order valence-corrected chi connectivity index (χ0v) is 11.4. The molecule has 0 bridgehead atoms. The standard InChI is InChI=1S/C15H12F3N3O/c16-15(17,18)12-4-2-1-3-11(12)14(5-6-14)21-13(22)10-7-19-9-20-8-10/h1-4,7-9H,5-6H2,(H,21,22). The maximum absolute atomic E-state index is 13.1. The Kier molecular flexibility index (Phi) is 3.35. The highest BCUT2D eigenvalue weighted by Crippen LogP contribution is 2.49. The summed E-state index contributed by atoms with van der Waals surface area (Å²) in [5, 5.41) is 2.69. The molecule has 4 nitrogen and oxygen atoms in total. The van der Waals surface area contributed by atoms with Gasteiger partial charge in [0.1, 0.15) is 6.33 Å². The monoisotopic (exact) mass is 307 g/mol. The van der Waals surface area contributed by atoms with Gasteiger partial charge in [0.15, 0.2) is 0 Å². The second-order valence-corrected chi connectivity index (χ2v) is 5.21. The molecule has 0 aliphatic heterocycles. The van der Waals surface area contributed by atoms with E-state index in [2.05, 4.69) is 15.3 Å². The van der Waals surface area contributed by atoms with Crippen LogP contribution in [0, 0.1) is 0 Å². The fourth-order valence-corrected chi connectivity index (χ4v) is 2.44. The highest BCUT2D eigenvalue weighted by Gasteiger charge is 2.50. The van der Waals surface area contributed by atoms with Crippen molar-refractivity contribution in [2.75, 3.05) is 0 Å². The Balaban J connectivity index is 1.91. The number of hydrogen-bond acceptors (Lipinski definition) is 3. The van der Waals surface area contributed by atoms with Crippen molar-refractivity contribution >= 4 is 5.91 Å². The molecule has 1 amide bonds. The van der Waals surface area contributed by atoms with E-state index in [1.165, 1.54) is 30.9 Å². The first-order valence-electron chi connectivity index (χ1n) is 6.67. The fraction of sp³-hybridized carbons (Fsp3) is 0.267.